The van der Waals surface area contributed by atoms with Gasteiger partial charge in [-0.1, -0.05) is 51.8 Å². The highest BCUT2D eigenvalue weighted by Gasteiger charge is 2.58. The van der Waals surface area contributed by atoms with Crippen LogP contribution in [-0.2, 0) is 5.60 Å². The first-order valence-electron chi connectivity index (χ1n) is 12.3. The molecule has 3 heterocycles. The highest BCUT2D eigenvalue weighted by Crippen LogP contribution is 2.63. The van der Waals surface area contributed by atoms with Gasteiger partial charge in [-0.3, -0.25) is 0 Å². The van der Waals surface area contributed by atoms with Crippen molar-refractivity contribution in [3.05, 3.63) is 63.6 Å². The zero-order chi connectivity index (χ0) is 24.7. The van der Waals surface area contributed by atoms with Gasteiger partial charge in [0.05, 0.1) is 25.9 Å². The van der Waals surface area contributed by atoms with Crippen LogP contribution in [-0.4, -0.2) is 28.3 Å². The summed E-state index contributed by atoms with van der Waals surface area (Å²) in [4.78, 5) is 6.82. The number of nitrogens with zero attached hydrogens (tertiary/aromatic N) is 3. The summed E-state index contributed by atoms with van der Waals surface area (Å²) in [5.41, 5.74) is 1.44. The number of aromatic nitrogens is 2. The van der Waals surface area contributed by atoms with Crippen LogP contribution in [0.4, 0.5) is 9.52 Å². The summed E-state index contributed by atoms with van der Waals surface area (Å²) in [6, 6.07) is 10.5. The van der Waals surface area contributed by atoms with Crippen LogP contribution >= 0.6 is 34.5 Å². The van der Waals surface area contributed by atoms with Gasteiger partial charge in [-0.15, -0.1) is 0 Å². The van der Waals surface area contributed by atoms with Gasteiger partial charge in [-0.25, -0.2) is 9.37 Å². The van der Waals surface area contributed by atoms with Crippen molar-refractivity contribution in [2.45, 2.75) is 50.0 Å². The molecule has 0 unspecified atom stereocenters. The smallest absolute Gasteiger partial charge is 0.186 e. The summed E-state index contributed by atoms with van der Waals surface area (Å²) in [6.45, 7) is 1.67. The number of benzene rings is 2. The number of aliphatic hydroxyl groups is 1. The summed E-state index contributed by atoms with van der Waals surface area (Å²) < 4.78 is 20.8. The number of halogens is 3. The van der Waals surface area contributed by atoms with Crippen LogP contribution in [0.3, 0.4) is 0 Å². The fourth-order valence-electron chi connectivity index (χ4n) is 6.20. The topological polar surface area (TPSA) is 62.4 Å². The molecule has 186 valence electrons. The molecular weight excluding hydrogens is 520 g/mol. The minimum atomic E-state index is -1.02. The lowest BCUT2D eigenvalue weighted by Crippen LogP contribution is -2.55. The normalized spacial score (nSPS) is 20.7. The van der Waals surface area contributed by atoms with Gasteiger partial charge in [-0.2, -0.15) is 0 Å². The van der Waals surface area contributed by atoms with E-state index in [9.17, 15) is 9.50 Å². The molecule has 2 aromatic carbocycles. The van der Waals surface area contributed by atoms with Crippen LogP contribution in [0.25, 0.3) is 21.5 Å². The predicted octanol–water partition coefficient (Wildman–Crippen LogP) is 7.54. The van der Waals surface area contributed by atoms with Crippen molar-refractivity contribution in [3.63, 3.8) is 0 Å². The number of hydrogen-bond donors (Lipinski definition) is 1. The molecule has 1 saturated heterocycles. The number of thiazole rings is 1. The summed E-state index contributed by atoms with van der Waals surface area (Å²) in [6.07, 6.45) is 5.27. The van der Waals surface area contributed by atoms with E-state index < -0.39 is 5.60 Å². The maximum absolute atomic E-state index is 14.1. The van der Waals surface area contributed by atoms with Crippen molar-refractivity contribution >= 4 is 49.9 Å². The van der Waals surface area contributed by atoms with Gasteiger partial charge in [0.1, 0.15) is 22.8 Å². The van der Waals surface area contributed by atoms with E-state index in [1.165, 1.54) is 17.4 Å². The summed E-state index contributed by atoms with van der Waals surface area (Å²) in [5.74, 6) is 0.804. The van der Waals surface area contributed by atoms with E-state index in [2.05, 4.69) is 15.0 Å². The van der Waals surface area contributed by atoms with Crippen LogP contribution in [0.5, 0.6) is 0 Å². The van der Waals surface area contributed by atoms with Crippen molar-refractivity contribution in [2.75, 3.05) is 18.0 Å². The maximum atomic E-state index is 14.1. The molecule has 9 heteroatoms. The number of fused-ring (bicyclic) bond motifs is 1. The van der Waals surface area contributed by atoms with Crippen molar-refractivity contribution in [3.8, 4) is 11.3 Å². The number of para-hydroxylation sites is 1. The monoisotopic (exact) mass is 543 g/mol. The largest absolute Gasteiger partial charge is 0.385 e. The molecule has 7 rings (SSSR count). The molecular formula is C27H24Cl2FN3O2S. The van der Waals surface area contributed by atoms with E-state index in [1.54, 1.807) is 24.3 Å². The quantitative estimate of drug-likeness (QED) is 0.288. The van der Waals surface area contributed by atoms with E-state index in [0.717, 1.165) is 59.9 Å². The standard InChI is InChI=1S/C27H24Cl2FN3O2S/c28-16-3-1-4-17(29)20(16)23-21(24(35-32-23)15-7-8-15)27(34)13-26(14-27)9-11-33(12-10-26)25-31-22-18(30)5-2-6-19(22)36-25/h1-6,15,34H,7-14H2. The number of anilines is 1. The Morgan fingerprint density at radius 1 is 1.06 bits per heavy atom. The summed E-state index contributed by atoms with van der Waals surface area (Å²) in [5, 5.41) is 18.2. The third-order valence-corrected chi connectivity index (χ3v) is 9.83. The van der Waals surface area contributed by atoms with Gasteiger partial charge < -0.3 is 14.5 Å². The van der Waals surface area contributed by atoms with Gasteiger partial charge in [0.15, 0.2) is 5.13 Å². The van der Waals surface area contributed by atoms with E-state index in [0.29, 0.717) is 45.6 Å². The van der Waals surface area contributed by atoms with Gasteiger partial charge in [0.25, 0.3) is 0 Å². The second-order valence-corrected chi connectivity index (χ2v) is 12.4. The SMILES string of the molecule is OC1(c2c(-c3c(Cl)cccc3Cl)noc2C2CC2)CC2(CCN(c3nc4c(F)cccc4s3)CC2)C1. The fraction of sp³-hybridized carbons (Fsp3) is 0.407. The fourth-order valence-corrected chi connectivity index (χ4v) is 7.81. The van der Waals surface area contributed by atoms with Crippen molar-refractivity contribution < 1.29 is 14.0 Å². The Kier molecular flexibility index (Phi) is 5.20. The van der Waals surface area contributed by atoms with E-state index in [4.69, 9.17) is 27.7 Å². The molecule has 1 aliphatic heterocycles. The molecule has 0 amide bonds. The predicted molar refractivity (Wildman–Crippen MR) is 141 cm³/mol. The molecule has 5 nitrogen and oxygen atoms in total. The third kappa shape index (κ3) is 3.58. The second-order valence-electron chi connectivity index (χ2n) is 10.6. The second kappa shape index (κ2) is 8.15. The average Bonchev–Trinajstić information content (AvgIpc) is 3.42. The lowest BCUT2D eigenvalue weighted by atomic mass is 9.53. The van der Waals surface area contributed by atoms with Crippen LogP contribution in [0.2, 0.25) is 10.0 Å². The molecule has 0 bridgehead atoms. The Morgan fingerprint density at radius 3 is 2.42 bits per heavy atom. The van der Waals surface area contributed by atoms with E-state index in [-0.39, 0.29) is 11.2 Å². The maximum Gasteiger partial charge on any atom is 0.186 e. The van der Waals surface area contributed by atoms with Gasteiger partial charge in [-0.05, 0) is 68.2 Å². The highest BCUT2D eigenvalue weighted by atomic mass is 35.5. The van der Waals surface area contributed by atoms with Gasteiger partial charge in [0, 0.05) is 24.6 Å². The molecule has 1 spiro atoms. The Hall–Kier alpha value is -2.19. The minimum Gasteiger partial charge on any atom is -0.385 e. The summed E-state index contributed by atoms with van der Waals surface area (Å²) >= 11 is 14.6. The third-order valence-electron chi connectivity index (χ3n) is 8.12. The first kappa shape index (κ1) is 23.0. The zero-order valence-electron chi connectivity index (χ0n) is 19.4. The lowest BCUT2D eigenvalue weighted by molar-refractivity contribution is -0.145. The zero-order valence-corrected chi connectivity index (χ0v) is 21.8. The molecule has 0 radical (unpaired) electrons. The highest BCUT2D eigenvalue weighted by molar-refractivity contribution is 7.22. The average molecular weight is 544 g/mol. The van der Waals surface area contributed by atoms with Crippen molar-refractivity contribution in [1.82, 2.24) is 10.1 Å². The minimum absolute atomic E-state index is 0.0484. The van der Waals surface area contributed by atoms with Crippen molar-refractivity contribution in [1.29, 1.82) is 0 Å². The summed E-state index contributed by atoms with van der Waals surface area (Å²) in [7, 11) is 0. The van der Waals surface area contributed by atoms with E-state index in [1.807, 2.05) is 6.07 Å². The first-order chi connectivity index (χ1) is 17.4. The number of hydrogen-bond acceptors (Lipinski definition) is 6. The molecule has 3 fully saturated rings. The van der Waals surface area contributed by atoms with Gasteiger partial charge in [0.2, 0.25) is 0 Å². The Bertz CT molecular complexity index is 1460. The molecule has 36 heavy (non-hydrogen) atoms. The molecule has 4 aromatic rings. The molecule has 0 atom stereocenters. The lowest BCUT2D eigenvalue weighted by Gasteiger charge is -2.56. The first-order valence-corrected chi connectivity index (χ1v) is 13.9. The van der Waals surface area contributed by atoms with Crippen LogP contribution in [0.1, 0.15) is 55.8 Å². The molecule has 2 aromatic heterocycles. The molecule has 1 N–H and O–H groups in total. The van der Waals surface area contributed by atoms with Crippen LogP contribution < -0.4 is 4.90 Å². The van der Waals surface area contributed by atoms with Gasteiger partial charge >= 0.3 is 0 Å². The van der Waals surface area contributed by atoms with Crippen molar-refractivity contribution in [2.24, 2.45) is 5.41 Å². The number of piperidine rings is 1. The van der Waals surface area contributed by atoms with E-state index >= 15 is 0 Å². The Balaban J connectivity index is 1.14. The molecule has 3 aliphatic rings. The van der Waals surface area contributed by atoms with Crippen LogP contribution in [0.15, 0.2) is 40.9 Å². The molecule has 2 aliphatic carbocycles. The number of rotatable bonds is 4. The van der Waals surface area contributed by atoms with Crippen LogP contribution in [0, 0.1) is 11.2 Å². The Labute approximate surface area is 221 Å². The Morgan fingerprint density at radius 2 is 1.75 bits per heavy atom. The molecule has 2 saturated carbocycles.